The average molecular weight is 434 g/mol. The molecule has 2 aromatic carbocycles. The number of hydrogen-bond acceptors (Lipinski definition) is 3. The zero-order valence-corrected chi connectivity index (χ0v) is 17.4. The van der Waals surface area contributed by atoms with E-state index in [9.17, 15) is 0 Å². The Labute approximate surface area is 167 Å². The van der Waals surface area contributed by atoms with Crippen LogP contribution in [0.15, 0.2) is 34.8 Å². The number of nitrogens with one attached hydrogen (secondary N) is 1. The highest BCUT2D eigenvalue weighted by Gasteiger charge is 2.20. The molecule has 0 unspecified atom stereocenters. The molecular weight excluding hydrogens is 412 g/mol. The van der Waals surface area contributed by atoms with Crippen LogP contribution in [0.25, 0.3) is 11.0 Å². The lowest BCUT2D eigenvalue weighted by molar-refractivity contribution is 0.571. The predicted molar refractivity (Wildman–Crippen MR) is 113 cm³/mol. The first-order chi connectivity index (χ1) is 12.5. The van der Waals surface area contributed by atoms with Crippen LogP contribution < -0.4 is 10.2 Å². The summed E-state index contributed by atoms with van der Waals surface area (Å²) in [6.45, 7) is 8.99. The second-order valence-electron chi connectivity index (χ2n) is 6.91. The first-order valence-electron chi connectivity index (χ1n) is 8.90. The van der Waals surface area contributed by atoms with Gasteiger partial charge in [0.15, 0.2) is 0 Å². The van der Waals surface area contributed by atoms with Gasteiger partial charge in [-0.25, -0.2) is 4.98 Å². The molecule has 0 spiro atoms. The molecule has 6 heteroatoms. The van der Waals surface area contributed by atoms with E-state index in [1.807, 2.05) is 12.1 Å². The van der Waals surface area contributed by atoms with Crippen molar-refractivity contribution < 1.29 is 0 Å². The number of rotatable bonds is 3. The van der Waals surface area contributed by atoms with E-state index in [2.05, 4.69) is 62.8 Å². The molecule has 3 aromatic rings. The van der Waals surface area contributed by atoms with Crippen molar-refractivity contribution >= 4 is 44.5 Å². The van der Waals surface area contributed by atoms with Crippen LogP contribution in [0.2, 0.25) is 5.02 Å². The molecule has 1 aliphatic rings. The van der Waals surface area contributed by atoms with Crippen molar-refractivity contribution in [1.29, 1.82) is 0 Å². The summed E-state index contributed by atoms with van der Waals surface area (Å²) in [4.78, 5) is 7.37. The van der Waals surface area contributed by atoms with Crippen molar-refractivity contribution in [3.8, 4) is 0 Å². The third-order valence-corrected chi connectivity index (χ3v) is 6.30. The maximum absolute atomic E-state index is 6.32. The Balaban J connectivity index is 1.83. The molecule has 1 saturated heterocycles. The highest BCUT2D eigenvalue weighted by Crippen LogP contribution is 2.29. The van der Waals surface area contributed by atoms with E-state index < -0.39 is 0 Å². The molecule has 0 atom stereocenters. The second-order valence-corrected chi connectivity index (χ2v) is 8.17. The molecule has 136 valence electrons. The lowest BCUT2D eigenvalue weighted by Gasteiger charge is -2.29. The number of piperazine rings is 1. The Bertz CT molecular complexity index is 960. The van der Waals surface area contributed by atoms with Gasteiger partial charge in [-0.15, -0.1) is 0 Å². The largest absolute Gasteiger partial charge is 0.340 e. The van der Waals surface area contributed by atoms with Crippen LogP contribution in [0.5, 0.6) is 0 Å². The lowest BCUT2D eigenvalue weighted by Crippen LogP contribution is -2.44. The summed E-state index contributed by atoms with van der Waals surface area (Å²) >= 11 is 9.79. The summed E-state index contributed by atoms with van der Waals surface area (Å²) in [5, 5.41) is 4.16. The number of anilines is 1. The topological polar surface area (TPSA) is 33.1 Å². The fourth-order valence-electron chi connectivity index (χ4n) is 3.45. The second kappa shape index (κ2) is 7.22. The van der Waals surface area contributed by atoms with E-state index in [1.54, 1.807) is 0 Å². The minimum Gasteiger partial charge on any atom is -0.340 e. The fourth-order valence-corrected chi connectivity index (χ4v) is 3.90. The Hall–Kier alpha value is -1.56. The maximum atomic E-state index is 6.32. The van der Waals surface area contributed by atoms with Crippen LogP contribution in [-0.4, -0.2) is 35.7 Å². The van der Waals surface area contributed by atoms with Gasteiger partial charge >= 0.3 is 0 Å². The quantitative estimate of drug-likeness (QED) is 0.659. The van der Waals surface area contributed by atoms with Gasteiger partial charge in [0.25, 0.3) is 0 Å². The molecule has 1 fully saturated rings. The molecule has 4 nitrogen and oxygen atoms in total. The van der Waals surface area contributed by atoms with Crippen molar-refractivity contribution in [2.24, 2.45) is 0 Å². The summed E-state index contributed by atoms with van der Waals surface area (Å²) in [6, 6.07) is 10.6. The highest BCUT2D eigenvalue weighted by atomic mass is 79.9. The molecule has 0 radical (unpaired) electrons. The molecule has 0 aliphatic carbocycles. The van der Waals surface area contributed by atoms with Crippen molar-refractivity contribution in [1.82, 2.24) is 14.9 Å². The Morgan fingerprint density at radius 2 is 1.85 bits per heavy atom. The SMILES string of the molecule is Cc1cc2nc(N3CCNCC3)n(Cc3ccc(Br)c(Cl)c3)c2cc1C. The van der Waals surface area contributed by atoms with Crippen LogP contribution in [0, 0.1) is 13.8 Å². The van der Waals surface area contributed by atoms with Gasteiger partial charge in [-0.3, -0.25) is 0 Å². The third-order valence-electron chi connectivity index (χ3n) is 5.07. The zero-order chi connectivity index (χ0) is 18.3. The van der Waals surface area contributed by atoms with Gasteiger partial charge in [-0.05, 0) is 70.7 Å². The summed E-state index contributed by atoms with van der Waals surface area (Å²) < 4.78 is 3.25. The molecule has 0 amide bonds. The zero-order valence-electron chi connectivity index (χ0n) is 15.0. The van der Waals surface area contributed by atoms with Crippen molar-refractivity contribution in [2.75, 3.05) is 31.1 Å². The van der Waals surface area contributed by atoms with Crippen LogP contribution in [0.1, 0.15) is 16.7 Å². The number of hydrogen-bond donors (Lipinski definition) is 1. The number of imidazole rings is 1. The number of halogens is 2. The fraction of sp³-hybridized carbons (Fsp3) is 0.350. The number of benzene rings is 2. The van der Waals surface area contributed by atoms with Crippen LogP contribution in [0.3, 0.4) is 0 Å². The highest BCUT2D eigenvalue weighted by molar-refractivity contribution is 9.10. The molecule has 1 aliphatic heterocycles. The van der Waals surface area contributed by atoms with E-state index in [0.29, 0.717) is 0 Å². The number of aromatic nitrogens is 2. The van der Waals surface area contributed by atoms with Gasteiger partial charge in [0.1, 0.15) is 0 Å². The van der Waals surface area contributed by atoms with Gasteiger partial charge in [0.2, 0.25) is 5.95 Å². The van der Waals surface area contributed by atoms with Gasteiger partial charge < -0.3 is 14.8 Å². The minimum atomic E-state index is 0.739. The predicted octanol–water partition coefficient (Wildman–Crippen LogP) is 4.53. The van der Waals surface area contributed by atoms with E-state index in [-0.39, 0.29) is 0 Å². The standard InChI is InChI=1S/C20H22BrClN4/c1-13-9-18-19(10-14(13)2)26(12-15-3-4-16(21)17(22)11-15)20(24-18)25-7-5-23-6-8-25/h3-4,9-11,23H,5-8,12H2,1-2H3. The molecule has 4 rings (SSSR count). The number of fused-ring (bicyclic) bond motifs is 1. The minimum absolute atomic E-state index is 0.739. The molecule has 1 aromatic heterocycles. The summed E-state index contributed by atoms with van der Waals surface area (Å²) in [5.41, 5.74) is 5.98. The van der Waals surface area contributed by atoms with Crippen molar-refractivity contribution in [3.05, 3.63) is 56.5 Å². The Morgan fingerprint density at radius 1 is 1.12 bits per heavy atom. The molecule has 0 bridgehead atoms. The van der Waals surface area contributed by atoms with Crippen molar-refractivity contribution in [3.63, 3.8) is 0 Å². The normalized spacial score (nSPS) is 15.0. The first kappa shape index (κ1) is 17.8. The molecule has 2 heterocycles. The monoisotopic (exact) mass is 432 g/mol. The number of nitrogens with zero attached hydrogens (tertiary/aromatic N) is 3. The summed E-state index contributed by atoms with van der Waals surface area (Å²) in [5.74, 6) is 1.05. The van der Waals surface area contributed by atoms with E-state index in [4.69, 9.17) is 16.6 Å². The van der Waals surface area contributed by atoms with E-state index >= 15 is 0 Å². The Kier molecular flexibility index (Phi) is 4.95. The van der Waals surface area contributed by atoms with E-state index in [1.165, 1.54) is 22.2 Å². The van der Waals surface area contributed by atoms with Crippen LogP contribution in [0.4, 0.5) is 5.95 Å². The van der Waals surface area contributed by atoms with Gasteiger partial charge in [0, 0.05) is 30.7 Å². The van der Waals surface area contributed by atoms with Crippen LogP contribution >= 0.6 is 27.5 Å². The lowest BCUT2D eigenvalue weighted by atomic mass is 10.1. The Morgan fingerprint density at radius 3 is 2.58 bits per heavy atom. The van der Waals surface area contributed by atoms with Gasteiger partial charge in [0.05, 0.1) is 22.6 Å². The maximum Gasteiger partial charge on any atom is 0.206 e. The molecule has 0 saturated carbocycles. The number of aryl methyl sites for hydroxylation is 2. The summed E-state index contributed by atoms with van der Waals surface area (Å²) in [7, 11) is 0. The first-order valence-corrected chi connectivity index (χ1v) is 10.1. The van der Waals surface area contributed by atoms with E-state index in [0.717, 1.165) is 53.7 Å². The third kappa shape index (κ3) is 3.36. The molecule has 26 heavy (non-hydrogen) atoms. The van der Waals surface area contributed by atoms with Gasteiger partial charge in [-0.2, -0.15) is 0 Å². The molecule has 1 N–H and O–H groups in total. The summed E-state index contributed by atoms with van der Waals surface area (Å²) in [6.07, 6.45) is 0. The van der Waals surface area contributed by atoms with Crippen molar-refractivity contribution in [2.45, 2.75) is 20.4 Å². The average Bonchev–Trinajstić information content (AvgIpc) is 2.97. The molecular formula is C20H22BrClN4. The van der Waals surface area contributed by atoms with Crippen LogP contribution in [-0.2, 0) is 6.54 Å². The smallest absolute Gasteiger partial charge is 0.206 e. The van der Waals surface area contributed by atoms with Gasteiger partial charge in [-0.1, -0.05) is 17.7 Å².